The lowest BCUT2D eigenvalue weighted by Crippen LogP contribution is -2.34. The lowest BCUT2D eigenvalue weighted by molar-refractivity contribution is -0.384. The number of amides is 2. The van der Waals surface area contributed by atoms with Crippen molar-refractivity contribution in [3.8, 4) is 5.75 Å². The van der Waals surface area contributed by atoms with Crippen molar-refractivity contribution in [3.05, 3.63) is 142 Å². The van der Waals surface area contributed by atoms with Crippen LogP contribution in [0.1, 0.15) is 38.4 Å². The second-order valence-corrected chi connectivity index (χ2v) is 15.5. The van der Waals surface area contributed by atoms with E-state index < -0.39 is 31.4 Å². The van der Waals surface area contributed by atoms with Gasteiger partial charge in [0.15, 0.2) is 11.5 Å². The van der Waals surface area contributed by atoms with E-state index in [4.69, 9.17) is 4.74 Å². The fourth-order valence-corrected chi connectivity index (χ4v) is 7.50. The molecule has 2 amide bonds. The van der Waals surface area contributed by atoms with Gasteiger partial charge >= 0.3 is 0 Å². The first-order valence-electron chi connectivity index (χ1n) is 18.3. The van der Waals surface area contributed by atoms with Gasteiger partial charge in [0.25, 0.3) is 27.5 Å². The highest BCUT2D eigenvalue weighted by atomic mass is 32.2. The SMILES string of the molecule is CN(C)CC[C@H](COc1ccccc1)Nc1ccc(S(=O)(=O)NC(=O)c2cccc(N3CCc4cccc(C(=O)Nc5cn6ncccc6n5)c4C3)n2)cc1[N+](=O)[O-]. The van der Waals surface area contributed by atoms with E-state index in [1.165, 1.54) is 18.2 Å². The molecule has 1 atom stereocenters. The molecule has 0 saturated carbocycles. The molecule has 6 aromatic rings. The summed E-state index contributed by atoms with van der Waals surface area (Å²) in [6.45, 7) is 1.66. The molecule has 0 fully saturated rings. The van der Waals surface area contributed by atoms with Crippen molar-refractivity contribution in [1.29, 1.82) is 0 Å². The van der Waals surface area contributed by atoms with Crippen LogP contribution >= 0.6 is 0 Å². The van der Waals surface area contributed by atoms with Gasteiger partial charge in [0.2, 0.25) is 0 Å². The Bertz CT molecular complexity index is 2550. The number of nitrogens with zero attached hydrogens (tertiary/aromatic N) is 7. The number of pyridine rings is 1. The fraction of sp³-hybridized carbons (Fsp3) is 0.225. The Balaban J connectivity index is 1.04. The van der Waals surface area contributed by atoms with Crippen LogP contribution in [0.2, 0.25) is 0 Å². The summed E-state index contributed by atoms with van der Waals surface area (Å²) in [4.78, 5) is 50.7. The number of nitro groups is 1. The van der Waals surface area contributed by atoms with Gasteiger partial charge in [-0.3, -0.25) is 19.7 Å². The molecule has 0 saturated heterocycles. The number of carbonyl (C=O) groups is 2. The number of ether oxygens (including phenoxy) is 1. The average molecular weight is 805 g/mol. The standard InChI is InChI=1S/C40H40N10O7S/c1-47(2)21-19-28(26-57-29-10-4-3-5-11-29)42-33-17-16-30(23-35(33)50(53)54)58(55,56)46-40(52)34-13-7-14-37(43-34)48-22-18-27-9-6-12-31(32(27)24-48)39(51)45-36-25-49-38(44-36)15-8-20-41-49/h3-17,20,23,25,28,42H,18-19,21-22,24,26H2,1-2H3,(H,45,51)(H,46,52)/t28-/m1/s1. The molecule has 0 bridgehead atoms. The molecular formula is C40H40N10O7S. The molecule has 17 nitrogen and oxygen atoms in total. The Morgan fingerprint density at radius 2 is 1.78 bits per heavy atom. The molecule has 3 N–H and O–H groups in total. The number of rotatable bonds is 15. The number of anilines is 3. The zero-order valence-electron chi connectivity index (χ0n) is 31.6. The summed E-state index contributed by atoms with van der Waals surface area (Å²) >= 11 is 0. The van der Waals surface area contributed by atoms with E-state index in [9.17, 15) is 28.1 Å². The van der Waals surface area contributed by atoms with E-state index in [1.54, 1.807) is 59.4 Å². The summed E-state index contributed by atoms with van der Waals surface area (Å²) in [7, 11) is -0.758. The number of fused-ring (bicyclic) bond motifs is 2. The summed E-state index contributed by atoms with van der Waals surface area (Å²) in [5.74, 6) is 0.00974. The number of carbonyl (C=O) groups excluding carboxylic acids is 2. The third kappa shape index (κ3) is 9.20. The summed E-state index contributed by atoms with van der Waals surface area (Å²) in [5, 5.41) is 22.4. The Hall–Kier alpha value is -6.92. The number of nitro benzene ring substituents is 1. The zero-order chi connectivity index (χ0) is 40.8. The molecule has 58 heavy (non-hydrogen) atoms. The maximum atomic E-state index is 13.5. The van der Waals surface area contributed by atoms with E-state index in [2.05, 4.69) is 25.7 Å². The first-order chi connectivity index (χ1) is 27.9. The van der Waals surface area contributed by atoms with Crippen molar-refractivity contribution < 1.29 is 27.7 Å². The first-order valence-corrected chi connectivity index (χ1v) is 19.8. The second-order valence-electron chi connectivity index (χ2n) is 13.8. The van der Waals surface area contributed by atoms with E-state index in [0.717, 1.165) is 17.2 Å². The highest BCUT2D eigenvalue weighted by molar-refractivity contribution is 7.90. The summed E-state index contributed by atoms with van der Waals surface area (Å²) in [6.07, 6.45) is 4.40. The summed E-state index contributed by atoms with van der Waals surface area (Å²) in [6, 6.07) is 25.9. The number of nitrogens with one attached hydrogen (secondary N) is 3. The van der Waals surface area contributed by atoms with Gasteiger partial charge in [-0.2, -0.15) is 5.10 Å². The van der Waals surface area contributed by atoms with Gasteiger partial charge in [-0.1, -0.05) is 36.4 Å². The molecule has 1 aliphatic heterocycles. The third-order valence-electron chi connectivity index (χ3n) is 9.47. The monoisotopic (exact) mass is 804 g/mol. The number of hydrogen-bond donors (Lipinski definition) is 3. The minimum absolute atomic E-state index is 0.0984. The lowest BCUT2D eigenvalue weighted by Gasteiger charge is -2.31. The quantitative estimate of drug-likeness (QED) is 0.0946. The molecule has 3 aromatic heterocycles. The Labute approximate surface area is 333 Å². The maximum absolute atomic E-state index is 13.5. The average Bonchev–Trinajstić information content (AvgIpc) is 3.64. The number of hydrogen-bond acceptors (Lipinski definition) is 13. The second kappa shape index (κ2) is 17.1. The fourth-order valence-electron chi connectivity index (χ4n) is 6.52. The van der Waals surface area contributed by atoms with E-state index >= 15 is 0 Å². The highest BCUT2D eigenvalue weighted by Gasteiger charge is 2.27. The van der Waals surface area contributed by atoms with Gasteiger partial charge in [0.05, 0.1) is 22.1 Å². The third-order valence-corrected chi connectivity index (χ3v) is 10.8. The van der Waals surface area contributed by atoms with Crippen LogP contribution < -0.4 is 25.0 Å². The minimum atomic E-state index is -4.58. The molecule has 298 valence electrons. The highest BCUT2D eigenvalue weighted by Crippen LogP contribution is 2.30. The van der Waals surface area contributed by atoms with Crippen LogP contribution in [0.3, 0.4) is 0 Å². The Morgan fingerprint density at radius 3 is 2.55 bits per heavy atom. The van der Waals surface area contributed by atoms with Gasteiger partial charge in [-0.05, 0) is 99.2 Å². The van der Waals surface area contributed by atoms with Crippen molar-refractivity contribution in [3.63, 3.8) is 0 Å². The molecule has 1 aliphatic rings. The topological polar surface area (TPSA) is 206 Å². The zero-order valence-corrected chi connectivity index (χ0v) is 32.4. The number of benzene rings is 3. The van der Waals surface area contributed by atoms with Gasteiger partial charge in [-0.25, -0.2) is 27.6 Å². The van der Waals surface area contributed by atoms with Crippen LogP contribution in [-0.4, -0.2) is 89.5 Å². The first kappa shape index (κ1) is 39.3. The summed E-state index contributed by atoms with van der Waals surface area (Å²) in [5.41, 5.74) is 2.22. The van der Waals surface area contributed by atoms with Crippen molar-refractivity contribution in [1.82, 2.24) is 29.2 Å². The van der Waals surface area contributed by atoms with Crippen LogP contribution in [0.25, 0.3) is 5.65 Å². The maximum Gasteiger partial charge on any atom is 0.293 e. The van der Waals surface area contributed by atoms with Gasteiger partial charge in [0.1, 0.15) is 29.6 Å². The molecule has 0 radical (unpaired) electrons. The predicted molar refractivity (Wildman–Crippen MR) is 217 cm³/mol. The van der Waals surface area contributed by atoms with Gasteiger partial charge in [-0.15, -0.1) is 0 Å². The molecule has 0 unspecified atom stereocenters. The minimum Gasteiger partial charge on any atom is -0.491 e. The van der Waals surface area contributed by atoms with Gasteiger partial charge < -0.3 is 25.2 Å². The smallest absolute Gasteiger partial charge is 0.293 e. The molecule has 18 heteroatoms. The van der Waals surface area contributed by atoms with Crippen molar-refractivity contribution in [2.45, 2.75) is 30.3 Å². The number of para-hydroxylation sites is 1. The molecule has 3 aromatic carbocycles. The van der Waals surface area contributed by atoms with Crippen LogP contribution in [0.15, 0.2) is 114 Å². The largest absolute Gasteiger partial charge is 0.491 e. The molecule has 0 spiro atoms. The van der Waals surface area contributed by atoms with E-state index in [-0.39, 0.29) is 29.9 Å². The van der Waals surface area contributed by atoms with Crippen molar-refractivity contribution in [2.24, 2.45) is 0 Å². The number of sulfonamides is 1. The van der Waals surface area contributed by atoms with Crippen molar-refractivity contribution in [2.75, 3.05) is 49.3 Å². The molecule has 0 aliphatic carbocycles. The molecule has 4 heterocycles. The van der Waals surface area contributed by atoms with Crippen LogP contribution in [0.5, 0.6) is 5.75 Å². The van der Waals surface area contributed by atoms with Crippen LogP contribution in [-0.2, 0) is 23.0 Å². The lowest BCUT2D eigenvalue weighted by atomic mass is 9.94. The van der Waals surface area contributed by atoms with E-state index in [1.807, 2.05) is 58.9 Å². The molecular weight excluding hydrogens is 765 g/mol. The Morgan fingerprint density at radius 1 is 0.966 bits per heavy atom. The van der Waals surface area contributed by atoms with Gasteiger partial charge in [0, 0.05) is 30.9 Å². The molecule has 7 rings (SSSR count). The predicted octanol–water partition coefficient (Wildman–Crippen LogP) is 4.78. The van der Waals surface area contributed by atoms with Crippen molar-refractivity contribution >= 4 is 50.5 Å². The summed E-state index contributed by atoms with van der Waals surface area (Å²) < 4.78 is 36.5. The Kier molecular flexibility index (Phi) is 11.6. The van der Waals surface area contributed by atoms with Crippen LogP contribution in [0, 0.1) is 10.1 Å². The van der Waals surface area contributed by atoms with E-state index in [0.29, 0.717) is 61.1 Å². The normalized spacial score (nSPS) is 13.1. The number of aromatic nitrogens is 4. The van der Waals surface area contributed by atoms with Crippen LogP contribution in [0.4, 0.5) is 23.0 Å². The number of imidazole rings is 1.